The zero-order valence-corrected chi connectivity index (χ0v) is 10.3. The SMILES string of the molecule is CCN(CC)C(=O)CSC(C)CC(=O)O. The fourth-order valence-corrected chi connectivity index (χ4v) is 2.06. The van der Waals surface area contributed by atoms with Crippen molar-refractivity contribution < 1.29 is 14.7 Å². The lowest BCUT2D eigenvalue weighted by atomic mass is 10.3. The molecule has 5 heteroatoms. The quantitative estimate of drug-likeness (QED) is 0.723. The van der Waals surface area contributed by atoms with Crippen LogP contribution < -0.4 is 0 Å². The molecular weight excluding hydrogens is 214 g/mol. The van der Waals surface area contributed by atoms with Crippen molar-refractivity contribution in [1.29, 1.82) is 0 Å². The van der Waals surface area contributed by atoms with Crippen molar-refractivity contribution in [3.8, 4) is 0 Å². The molecule has 0 aromatic heterocycles. The molecule has 0 aliphatic heterocycles. The van der Waals surface area contributed by atoms with Crippen LogP contribution in [-0.4, -0.2) is 46.0 Å². The summed E-state index contributed by atoms with van der Waals surface area (Å²) in [5.41, 5.74) is 0. The van der Waals surface area contributed by atoms with Gasteiger partial charge in [-0.15, -0.1) is 11.8 Å². The molecule has 0 bridgehead atoms. The average Bonchev–Trinajstić information content (AvgIpc) is 2.15. The van der Waals surface area contributed by atoms with E-state index in [1.54, 1.807) is 4.90 Å². The molecular formula is C10H19NO3S. The number of hydrogen-bond donors (Lipinski definition) is 1. The van der Waals surface area contributed by atoms with Gasteiger partial charge in [-0.2, -0.15) is 0 Å². The molecule has 1 unspecified atom stereocenters. The maximum absolute atomic E-state index is 11.6. The maximum Gasteiger partial charge on any atom is 0.304 e. The largest absolute Gasteiger partial charge is 0.481 e. The molecule has 88 valence electrons. The highest BCUT2D eigenvalue weighted by atomic mass is 32.2. The Balaban J connectivity index is 3.83. The molecule has 0 fully saturated rings. The second-order valence-corrected chi connectivity index (χ2v) is 4.71. The Hall–Kier alpha value is -0.710. The molecule has 15 heavy (non-hydrogen) atoms. The number of carbonyl (C=O) groups is 2. The van der Waals surface area contributed by atoms with E-state index in [1.165, 1.54) is 11.8 Å². The van der Waals surface area contributed by atoms with E-state index in [4.69, 9.17) is 5.11 Å². The molecule has 0 aromatic rings. The monoisotopic (exact) mass is 233 g/mol. The Bertz CT molecular complexity index is 217. The summed E-state index contributed by atoms with van der Waals surface area (Å²) in [5.74, 6) is -0.358. The van der Waals surface area contributed by atoms with E-state index in [1.807, 2.05) is 20.8 Å². The van der Waals surface area contributed by atoms with Crippen molar-refractivity contribution in [2.75, 3.05) is 18.8 Å². The van der Waals surface area contributed by atoms with E-state index >= 15 is 0 Å². The summed E-state index contributed by atoms with van der Waals surface area (Å²) in [6.45, 7) is 7.13. The second-order valence-electron chi connectivity index (χ2n) is 3.29. The van der Waals surface area contributed by atoms with Crippen LogP contribution in [0, 0.1) is 0 Å². The van der Waals surface area contributed by atoms with Crippen LogP contribution in [0.3, 0.4) is 0 Å². The van der Waals surface area contributed by atoms with Gasteiger partial charge in [0.25, 0.3) is 0 Å². The smallest absolute Gasteiger partial charge is 0.304 e. The third-order valence-corrected chi connectivity index (χ3v) is 3.22. The first-order valence-corrected chi connectivity index (χ1v) is 6.17. The highest BCUT2D eigenvalue weighted by Gasteiger charge is 2.13. The van der Waals surface area contributed by atoms with Gasteiger partial charge in [0.2, 0.25) is 5.91 Å². The number of carboxylic acids is 1. The van der Waals surface area contributed by atoms with E-state index in [-0.39, 0.29) is 17.6 Å². The molecule has 0 aliphatic rings. The Morgan fingerprint density at radius 2 is 1.87 bits per heavy atom. The second kappa shape index (κ2) is 7.56. The number of nitrogens with zero attached hydrogens (tertiary/aromatic N) is 1. The minimum absolute atomic E-state index is 0.0120. The number of amides is 1. The van der Waals surface area contributed by atoms with Crippen LogP contribution in [0.1, 0.15) is 27.2 Å². The maximum atomic E-state index is 11.6. The van der Waals surface area contributed by atoms with E-state index < -0.39 is 5.97 Å². The zero-order valence-electron chi connectivity index (χ0n) is 9.52. The predicted molar refractivity (Wildman–Crippen MR) is 62.1 cm³/mol. The standard InChI is InChI=1S/C10H19NO3S/c1-4-11(5-2)9(12)7-15-8(3)6-10(13)14/h8H,4-7H2,1-3H3,(H,13,14). The minimum Gasteiger partial charge on any atom is -0.481 e. The van der Waals surface area contributed by atoms with Crippen molar-refractivity contribution in [1.82, 2.24) is 4.90 Å². The average molecular weight is 233 g/mol. The number of hydrogen-bond acceptors (Lipinski definition) is 3. The summed E-state index contributed by atoms with van der Waals surface area (Å²) in [4.78, 5) is 23.7. The minimum atomic E-state index is -0.815. The highest BCUT2D eigenvalue weighted by Crippen LogP contribution is 2.14. The van der Waals surface area contributed by atoms with Crippen molar-refractivity contribution in [3.63, 3.8) is 0 Å². The lowest BCUT2D eigenvalue weighted by Crippen LogP contribution is -2.32. The summed E-state index contributed by atoms with van der Waals surface area (Å²) >= 11 is 1.40. The first-order valence-electron chi connectivity index (χ1n) is 5.12. The van der Waals surface area contributed by atoms with Crippen molar-refractivity contribution in [2.45, 2.75) is 32.4 Å². The van der Waals surface area contributed by atoms with Gasteiger partial charge in [-0.1, -0.05) is 6.92 Å². The molecule has 4 nitrogen and oxygen atoms in total. The van der Waals surface area contributed by atoms with Crippen LogP contribution in [0.15, 0.2) is 0 Å². The molecule has 0 aliphatic carbocycles. The van der Waals surface area contributed by atoms with Gasteiger partial charge < -0.3 is 10.0 Å². The molecule has 0 saturated heterocycles. The molecule has 0 saturated carbocycles. The van der Waals surface area contributed by atoms with Gasteiger partial charge in [-0.3, -0.25) is 9.59 Å². The topological polar surface area (TPSA) is 57.6 Å². The van der Waals surface area contributed by atoms with Crippen molar-refractivity contribution in [2.24, 2.45) is 0 Å². The molecule has 0 spiro atoms. The Morgan fingerprint density at radius 3 is 2.27 bits per heavy atom. The zero-order chi connectivity index (χ0) is 11.8. The Labute approximate surface area is 95.0 Å². The summed E-state index contributed by atoms with van der Waals surface area (Å²) in [7, 11) is 0. The third-order valence-electron chi connectivity index (χ3n) is 2.07. The first-order chi connectivity index (χ1) is 7.01. The van der Waals surface area contributed by atoms with Crippen molar-refractivity contribution >= 4 is 23.6 Å². The molecule has 1 amide bonds. The molecule has 0 aromatic carbocycles. The van der Waals surface area contributed by atoms with Gasteiger partial charge in [-0.05, 0) is 13.8 Å². The van der Waals surface area contributed by atoms with E-state index in [2.05, 4.69) is 0 Å². The lowest BCUT2D eigenvalue weighted by molar-refractivity contribution is -0.137. The molecule has 0 radical (unpaired) electrons. The van der Waals surface area contributed by atoms with Crippen LogP contribution in [0.5, 0.6) is 0 Å². The number of rotatable bonds is 7. The van der Waals surface area contributed by atoms with E-state index in [0.717, 1.165) is 0 Å². The van der Waals surface area contributed by atoms with Crippen LogP contribution in [0.4, 0.5) is 0 Å². The van der Waals surface area contributed by atoms with E-state index in [0.29, 0.717) is 18.8 Å². The third kappa shape index (κ3) is 6.38. The first kappa shape index (κ1) is 14.3. The van der Waals surface area contributed by atoms with Crippen LogP contribution in [-0.2, 0) is 9.59 Å². The predicted octanol–water partition coefficient (Wildman–Crippen LogP) is 1.45. The van der Waals surface area contributed by atoms with E-state index in [9.17, 15) is 9.59 Å². The van der Waals surface area contributed by atoms with Crippen molar-refractivity contribution in [3.05, 3.63) is 0 Å². The number of carboxylic acid groups (broad SMARTS) is 1. The Morgan fingerprint density at radius 1 is 1.33 bits per heavy atom. The summed E-state index contributed by atoms with van der Waals surface area (Å²) in [6.07, 6.45) is 0.107. The summed E-state index contributed by atoms with van der Waals surface area (Å²) in [5, 5.41) is 8.53. The molecule has 1 N–H and O–H groups in total. The lowest BCUT2D eigenvalue weighted by Gasteiger charge is -2.19. The van der Waals surface area contributed by atoms with Gasteiger partial charge in [0.1, 0.15) is 0 Å². The number of thioether (sulfide) groups is 1. The van der Waals surface area contributed by atoms with Gasteiger partial charge >= 0.3 is 5.97 Å². The van der Waals surface area contributed by atoms with Gasteiger partial charge in [0.05, 0.1) is 12.2 Å². The van der Waals surface area contributed by atoms with Gasteiger partial charge in [0, 0.05) is 18.3 Å². The Kier molecular flexibility index (Phi) is 7.21. The summed E-state index contributed by atoms with van der Waals surface area (Å²) in [6, 6.07) is 0. The molecule has 1 atom stereocenters. The van der Waals surface area contributed by atoms with Gasteiger partial charge in [0.15, 0.2) is 0 Å². The normalized spacial score (nSPS) is 12.2. The molecule has 0 rings (SSSR count). The molecule has 0 heterocycles. The summed E-state index contributed by atoms with van der Waals surface area (Å²) < 4.78 is 0. The number of aliphatic carboxylic acids is 1. The number of carbonyl (C=O) groups excluding carboxylic acids is 1. The van der Waals surface area contributed by atoms with Crippen LogP contribution in [0.25, 0.3) is 0 Å². The van der Waals surface area contributed by atoms with Crippen LogP contribution in [0.2, 0.25) is 0 Å². The fraction of sp³-hybridized carbons (Fsp3) is 0.800. The van der Waals surface area contributed by atoms with Crippen LogP contribution >= 0.6 is 11.8 Å². The fourth-order valence-electron chi connectivity index (χ4n) is 1.19. The highest BCUT2D eigenvalue weighted by molar-refractivity contribution is 8.00. The van der Waals surface area contributed by atoms with Gasteiger partial charge in [-0.25, -0.2) is 0 Å².